The van der Waals surface area contributed by atoms with Crippen molar-refractivity contribution in [3.63, 3.8) is 0 Å². The zero-order valence-electron chi connectivity index (χ0n) is 11.6. The maximum Gasteiger partial charge on any atom is 0.235 e. The molecule has 0 heterocycles. The maximum atomic E-state index is 11.7. The minimum Gasteiger partial charge on any atom is -0.368 e. The highest BCUT2D eigenvalue weighted by Gasteiger charge is 2.27. The Balaban J connectivity index is 2.04. The molecule has 1 aromatic rings. The van der Waals surface area contributed by atoms with Gasteiger partial charge in [-0.3, -0.25) is 4.79 Å². The Morgan fingerprint density at radius 2 is 1.84 bits per heavy atom. The van der Waals surface area contributed by atoms with E-state index in [4.69, 9.17) is 5.73 Å². The Hall–Kier alpha value is -1.35. The van der Waals surface area contributed by atoms with Crippen molar-refractivity contribution in [2.45, 2.75) is 57.0 Å². The highest BCUT2D eigenvalue weighted by atomic mass is 16.1. The third-order valence-electron chi connectivity index (χ3n) is 4.15. The number of primary amides is 1. The molecule has 0 radical (unpaired) electrons. The summed E-state index contributed by atoms with van der Waals surface area (Å²) in [7, 11) is 0. The van der Waals surface area contributed by atoms with Crippen LogP contribution in [0.1, 0.15) is 50.5 Å². The highest BCUT2D eigenvalue weighted by Crippen LogP contribution is 2.23. The number of carbonyl (C=O) groups excluding carboxylic acids is 1. The third kappa shape index (κ3) is 3.80. The van der Waals surface area contributed by atoms with Crippen LogP contribution in [-0.2, 0) is 4.79 Å². The fourth-order valence-electron chi connectivity index (χ4n) is 2.95. The summed E-state index contributed by atoms with van der Waals surface area (Å²) in [5.41, 5.74) is 6.75. The standard InChI is InChI=1S/C16H24N2O/c1-12(13-8-4-2-5-9-13)15(16(17)19)18-14-10-6-3-7-11-14/h2,4-5,8-9,12,14-15,18H,3,6-7,10-11H2,1H3,(H2,17,19). The van der Waals surface area contributed by atoms with E-state index >= 15 is 0 Å². The predicted molar refractivity (Wildman–Crippen MR) is 77.8 cm³/mol. The van der Waals surface area contributed by atoms with E-state index in [-0.39, 0.29) is 17.9 Å². The molecule has 3 nitrogen and oxygen atoms in total. The van der Waals surface area contributed by atoms with Gasteiger partial charge in [0.1, 0.15) is 0 Å². The van der Waals surface area contributed by atoms with Gasteiger partial charge in [-0.2, -0.15) is 0 Å². The van der Waals surface area contributed by atoms with Crippen molar-refractivity contribution >= 4 is 5.91 Å². The van der Waals surface area contributed by atoms with Gasteiger partial charge in [0.15, 0.2) is 0 Å². The lowest BCUT2D eigenvalue weighted by atomic mass is 9.89. The average Bonchev–Trinajstić information content (AvgIpc) is 2.46. The number of carbonyl (C=O) groups is 1. The van der Waals surface area contributed by atoms with E-state index in [2.05, 4.69) is 24.4 Å². The Bertz CT molecular complexity index is 398. The summed E-state index contributed by atoms with van der Waals surface area (Å²) < 4.78 is 0. The molecule has 1 aliphatic carbocycles. The predicted octanol–water partition coefficient (Wildman–Crippen LogP) is 2.57. The van der Waals surface area contributed by atoms with Crippen molar-refractivity contribution in [1.29, 1.82) is 0 Å². The quantitative estimate of drug-likeness (QED) is 0.855. The van der Waals surface area contributed by atoms with E-state index in [1.54, 1.807) is 0 Å². The fourth-order valence-corrected chi connectivity index (χ4v) is 2.95. The molecule has 1 saturated carbocycles. The third-order valence-corrected chi connectivity index (χ3v) is 4.15. The van der Waals surface area contributed by atoms with Gasteiger partial charge in [-0.15, -0.1) is 0 Å². The van der Waals surface area contributed by atoms with Crippen LogP contribution < -0.4 is 11.1 Å². The van der Waals surface area contributed by atoms with E-state index in [1.165, 1.54) is 19.3 Å². The summed E-state index contributed by atoms with van der Waals surface area (Å²) in [5.74, 6) is -0.137. The smallest absolute Gasteiger partial charge is 0.235 e. The number of amides is 1. The first-order chi connectivity index (χ1) is 9.18. The van der Waals surface area contributed by atoms with Gasteiger partial charge in [-0.1, -0.05) is 56.5 Å². The van der Waals surface area contributed by atoms with Gasteiger partial charge in [0, 0.05) is 12.0 Å². The minimum absolute atomic E-state index is 0.112. The number of hydrogen-bond donors (Lipinski definition) is 2. The molecule has 2 rings (SSSR count). The summed E-state index contributed by atoms with van der Waals surface area (Å²) in [6.07, 6.45) is 6.13. The zero-order chi connectivity index (χ0) is 13.7. The van der Waals surface area contributed by atoms with Crippen LogP contribution >= 0.6 is 0 Å². The van der Waals surface area contributed by atoms with Gasteiger partial charge < -0.3 is 11.1 Å². The SMILES string of the molecule is CC(c1ccccc1)C(NC1CCCCC1)C(N)=O. The first kappa shape index (κ1) is 14.1. The monoisotopic (exact) mass is 260 g/mol. The molecule has 2 unspecified atom stereocenters. The molecule has 104 valence electrons. The normalized spacial score (nSPS) is 19.8. The van der Waals surface area contributed by atoms with Crippen LogP contribution in [0.15, 0.2) is 30.3 Å². The van der Waals surface area contributed by atoms with Crippen molar-refractivity contribution in [2.24, 2.45) is 5.73 Å². The van der Waals surface area contributed by atoms with Crippen LogP contribution in [0.3, 0.4) is 0 Å². The second kappa shape index (κ2) is 6.71. The average molecular weight is 260 g/mol. The van der Waals surface area contributed by atoms with Crippen LogP contribution in [0.5, 0.6) is 0 Å². The highest BCUT2D eigenvalue weighted by molar-refractivity contribution is 5.81. The van der Waals surface area contributed by atoms with E-state index in [9.17, 15) is 4.79 Å². The molecular weight excluding hydrogens is 236 g/mol. The molecule has 1 amide bonds. The molecule has 1 fully saturated rings. The molecule has 1 aromatic carbocycles. The van der Waals surface area contributed by atoms with Crippen LogP contribution in [0.2, 0.25) is 0 Å². The Labute approximate surface area is 115 Å². The van der Waals surface area contributed by atoms with Crippen LogP contribution in [0.25, 0.3) is 0 Å². The van der Waals surface area contributed by atoms with Crippen molar-refractivity contribution in [3.05, 3.63) is 35.9 Å². The van der Waals surface area contributed by atoms with E-state index < -0.39 is 0 Å². The molecule has 3 N–H and O–H groups in total. The maximum absolute atomic E-state index is 11.7. The van der Waals surface area contributed by atoms with Crippen molar-refractivity contribution in [2.75, 3.05) is 0 Å². The fraction of sp³-hybridized carbons (Fsp3) is 0.562. The number of hydrogen-bond acceptors (Lipinski definition) is 2. The summed E-state index contributed by atoms with van der Waals surface area (Å²) in [6.45, 7) is 2.07. The second-order valence-electron chi connectivity index (χ2n) is 5.58. The second-order valence-corrected chi connectivity index (χ2v) is 5.58. The molecule has 1 aliphatic rings. The van der Waals surface area contributed by atoms with Crippen molar-refractivity contribution in [3.8, 4) is 0 Å². The molecule has 0 aliphatic heterocycles. The van der Waals surface area contributed by atoms with E-state index in [1.807, 2.05) is 18.2 Å². The van der Waals surface area contributed by atoms with E-state index in [0.717, 1.165) is 18.4 Å². The summed E-state index contributed by atoms with van der Waals surface area (Å²) in [4.78, 5) is 11.7. The van der Waals surface area contributed by atoms with Gasteiger partial charge in [0.25, 0.3) is 0 Å². The first-order valence-corrected chi connectivity index (χ1v) is 7.29. The molecule has 0 spiro atoms. The molecule has 0 bridgehead atoms. The van der Waals surface area contributed by atoms with Gasteiger partial charge in [0.05, 0.1) is 6.04 Å². The molecule has 3 heteroatoms. The molecule has 0 saturated heterocycles. The number of nitrogens with two attached hydrogens (primary N) is 1. The lowest BCUT2D eigenvalue weighted by Crippen LogP contribution is -2.49. The van der Waals surface area contributed by atoms with Gasteiger partial charge >= 0.3 is 0 Å². The zero-order valence-corrected chi connectivity index (χ0v) is 11.6. The lowest BCUT2D eigenvalue weighted by Gasteiger charge is -2.30. The topological polar surface area (TPSA) is 55.1 Å². The van der Waals surface area contributed by atoms with Gasteiger partial charge in [0.2, 0.25) is 5.91 Å². The lowest BCUT2D eigenvalue weighted by molar-refractivity contribution is -0.120. The molecule has 19 heavy (non-hydrogen) atoms. The molecule has 0 aromatic heterocycles. The number of benzene rings is 1. The van der Waals surface area contributed by atoms with Gasteiger partial charge in [-0.25, -0.2) is 0 Å². The number of nitrogens with one attached hydrogen (secondary N) is 1. The van der Waals surface area contributed by atoms with Gasteiger partial charge in [-0.05, 0) is 18.4 Å². The summed E-state index contributed by atoms with van der Waals surface area (Å²) >= 11 is 0. The minimum atomic E-state index is -0.273. The molecular formula is C16H24N2O. The Kier molecular flexibility index (Phi) is 4.97. The number of rotatable bonds is 5. The molecule has 2 atom stereocenters. The van der Waals surface area contributed by atoms with Crippen molar-refractivity contribution < 1.29 is 4.79 Å². The summed E-state index contributed by atoms with van der Waals surface area (Å²) in [5, 5.41) is 3.48. The van der Waals surface area contributed by atoms with Crippen LogP contribution in [0, 0.1) is 0 Å². The van der Waals surface area contributed by atoms with Crippen LogP contribution in [-0.4, -0.2) is 18.0 Å². The van der Waals surface area contributed by atoms with Crippen molar-refractivity contribution in [1.82, 2.24) is 5.32 Å². The first-order valence-electron chi connectivity index (χ1n) is 7.29. The largest absolute Gasteiger partial charge is 0.368 e. The Morgan fingerprint density at radius 3 is 2.42 bits per heavy atom. The van der Waals surface area contributed by atoms with Crippen LogP contribution in [0.4, 0.5) is 0 Å². The Morgan fingerprint density at radius 1 is 1.21 bits per heavy atom. The summed E-state index contributed by atoms with van der Waals surface area (Å²) in [6, 6.07) is 10.3. The van der Waals surface area contributed by atoms with E-state index in [0.29, 0.717) is 6.04 Å².